The molecule has 0 saturated heterocycles. The fourth-order valence-corrected chi connectivity index (χ4v) is 4.70. The van der Waals surface area contributed by atoms with Crippen LogP contribution in [0.4, 0.5) is 10.5 Å². The molecule has 8 heteroatoms. The Hall–Kier alpha value is -3.47. The van der Waals surface area contributed by atoms with Crippen molar-refractivity contribution in [2.75, 3.05) is 12.0 Å². The second kappa shape index (κ2) is 11.7. The van der Waals surface area contributed by atoms with E-state index < -0.39 is 17.7 Å². The largest absolute Gasteiger partial charge is 0.481 e. The molecule has 0 aliphatic carbocycles. The van der Waals surface area contributed by atoms with Gasteiger partial charge in [-0.15, -0.1) is 12.8 Å². The number of hydrogen-bond acceptors (Lipinski definition) is 4. The number of carboxylic acids is 1. The SMILES string of the molecule is C#C.CC(C)(C)O.COC(=O)N1c2c(C)c(CC(=O)O)c(-c3ccc(Cl)cc3)c3cc(C)n(c23)C[C@H]1C. The van der Waals surface area contributed by atoms with Gasteiger partial charge in [-0.05, 0) is 82.0 Å². The number of carboxylic acid groups (broad SMARTS) is 1. The lowest BCUT2D eigenvalue weighted by atomic mass is 9.88. The Morgan fingerprint density at radius 1 is 1.16 bits per heavy atom. The molecular weight excluding hydrogens is 492 g/mol. The number of halogens is 1. The number of carbonyl (C=O) groups excluding carboxylic acids is 1. The lowest BCUT2D eigenvalue weighted by Crippen LogP contribution is -2.44. The number of terminal acetylenes is 1. The number of hydrogen-bond donors (Lipinski definition) is 2. The Labute approximate surface area is 223 Å². The number of benzene rings is 2. The number of aryl methyl sites for hydroxylation is 1. The van der Waals surface area contributed by atoms with Gasteiger partial charge in [0.25, 0.3) is 0 Å². The van der Waals surface area contributed by atoms with Gasteiger partial charge in [-0.25, -0.2) is 4.79 Å². The third-order valence-electron chi connectivity index (χ3n) is 5.87. The summed E-state index contributed by atoms with van der Waals surface area (Å²) in [7, 11) is 1.36. The highest BCUT2D eigenvalue weighted by molar-refractivity contribution is 6.30. The fraction of sp³-hybridized carbons (Fsp3) is 0.379. The number of nitrogens with zero attached hydrogens (tertiary/aromatic N) is 2. The summed E-state index contributed by atoms with van der Waals surface area (Å²) in [4.78, 5) is 26.1. The van der Waals surface area contributed by atoms with E-state index in [2.05, 4.69) is 23.5 Å². The van der Waals surface area contributed by atoms with Crippen LogP contribution >= 0.6 is 11.6 Å². The van der Waals surface area contributed by atoms with Crippen molar-refractivity contribution in [3.63, 3.8) is 0 Å². The van der Waals surface area contributed by atoms with Crippen LogP contribution in [0, 0.1) is 26.7 Å². The summed E-state index contributed by atoms with van der Waals surface area (Å²) in [6.45, 7) is 11.7. The number of ether oxygens (including phenoxy) is 1. The normalized spacial score (nSPS) is 14.2. The monoisotopic (exact) mass is 526 g/mol. The number of aliphatic hydroxyl groups is 1. The van der Waals surface area contributed by atoms with Gasteiger partial charge in [0.05, 0.1) is 36.4 Å². The van der Waals surface area contributed by atoms with Gasteiger partial charge in [0, 0.05) is 22.6 Å². The Bertz CT molecular complexity index is 1310. The van der Waals surface area contributed by atoms with Crippen molar-refractivity contribution in [3.8, 4) is 24.0 Å². The van der Waals surface area contributed by atoms with Gasteiger partial charge in [0.2, 0.25) is 0 Å². The number of amides is 1. The first-order chi connectivity index (χ1) is 17.2. The molecule has 0 radical (unpaired) electrons. The van der Waals surface area contributed by atoms with Crippen LogP contribution in [0.25, 0.3) is 22.0 Å². The zero-order valence-electron chi connectivity index (χ0n) is 22.4. The second-order valence-corrected chi connectivity index (χ2v) is 10.4. The van der Waals surface area contributed by atoms with Gasteiger partial charge in [-0.1, -0.05) is 23.7 Å². The first-order valence-electron chi connectivity index (χ1n) is 11.8. The molecule has 37 heavy (non-hydrogen) atoms. The van der Waals surface area contributed by atoms with Crippen LogP contribution in [0.3, 0.4) is 0 Å². The Morgan fingerprint density at radius 3 is 2.19 bits per heavy atom. The van der Waals surface area contributed by atoms with Crippen LogP contribution in [0.5, 0.6) is 0 Å². The molecule has 1 aliphatic heterocycles. The molecule has 4 rings (SSSR count). The molecule has 0 fully saturated rings. The molecule has 2 aromatic carbocycles. The van der Waals surface area contributed by atoms with Crippen molar-refractivity contribution in [1.29, 1.82) is 0 Å². The maximum atomic E-state index is 12.7. The van der Waals surface area contributed by atoms with Crippen molar-refractivity contribution in [1.82, 2.24) is 4.57 Å². The first kappa shape index (κ1) is 29.8. The van der Waals surface area contributed by atoms with Gasteiger partial charge >= 0.3 is 12.1 Å². The lowest BCUT2D eigenvalue weighted by Gasteiger charge is -2.36. The number of anilines is 1. The topological polar surface area (TPSA) is 92.0 Å². The van der Waals surface area contributed by atoms with Gasteiger partial charge in [-0.2, -0.15) is 0 Å². The molecule has 0 spiro atoms. The lowest BCUT2D eigenvalue weighted by molar-refractivity contribution is -0.136. The third kappa shape index (κ3) is 6.46. The molecule has 1 atom stereocenters. The predicted octanol–water partition coefficient (Wildman–Crippen LogP) is 6.21. The standard InChI is InChI=1S/C23H23ClN2O4.C4H10O.C2H2/c1-12-9-18-20(15-5-7-16(24)8-6-15)17(10-19(27)28)14(3)21-22(18)25(12)11-13(2)26(21)23(29)30-4;1-4(2,3)5;1-2/h5-9,13H,10-11H2,1-4H3,(H,27,28);5H,1-3H3;1-2H/t13-;;/m1../s1. The van der Waals surface area contributed by atoms with E-state index in [1.807, 2.05) is 32.9 Å². The van der Waals surface area contributed by atoms with Gasteiger partial charge < -0.3 is 19.5 Å². The van der Waals surface area contributed by atoms with E-state index in [4.69, 9.17) is 21.4 Å². The number of aromatic nitrogens is 1. The van der Waals surface area contributed by atoms with Crippen molar-refractivity contribution < 1.29 is 24.5 Å². The highest BCUT2D eigenvalue weighted by Crippen LogP contribution is 2.46. The maximum Gasteiger partial charge on any atom is 0.414 e. The minimum atomic E-state index is -0.926. The molecule has 0 unspecified atom stereocenters. The minimum absolute atomic E-state index is 0.128. The second-order valence-electron chi connectivity index (χ2n) is 9.92. The summed E-state index contributed by atoms with van der Waals surface area (Å²) >= 11 is 6.09. The summed E-state index contributed by atoms with van der Waals surface area (Å²) in [5.74, 6) is -0.926. The Kier molecular flexibility index (Phi) is 9.43. The molecule has 0 bridgehead atoms. The maximum absolute atomic E-state index is 12.7. The third-order valence-corrected chi connectivity index (χ3v) is 6.12. The van der Waals surface area contributed by atoms with E-state index in [0.29, 0.717) is 17.1 Å². The van der Waals surface area contributed by atoms with E-state index in [9.17, 15) is 14.7 Å². The van der Waals surface area contributed by atoms with Crippen molar-refractivity contribution in [2.45, 2.75) is 66.2 Å². The van der Waals surface area contributed by atoms with E-state index in [-0.39, 0.29) is 12.5 Å². The fourth-order valence-electron chi connectivity index (χ4n) is 4.58. The first-order valence-corrected chi connectivity index (χ1v) is 12.2. The Balaban J connectivity index is 0.000000617. The van der Waals surface area contributed by atoms with E-state index >= 15 is 0 Å². The highest BCUT2D eigenvalue weighted by atomic mass is 35.5. The zero-order valence-corrected chi connectivity index (χ0v) is 23.2. The minimum Gasteiger partial charge on any atom is -0.481 e. The number of methoxy groups -OCH3 is 1. The van der Waals surface area contributed by atoms with Crippen LogP contribution in [0.15, 0.2) is 30.3 Å². The number of carbonyl (C=O) groups is 2. The van der Waals surface area contributed by atoms with Crippen LogP contribution in [0.2, 0.25) is 5.02 Å². The predicted molar refractivity (Wildman–Crippen MR) is 149 cm³/mol. The summed E-state index contributed by atoms with van der Waals surface area (Å²) in [5, 5.41) is 19.7. The van der Waals surface area contributed by atoms with Gasteiger partial charge in [-0.3, -0.25) is 9.69 Å². The van der Waals surface area contributed by atoms with E-state index in [1.165, 1.54) is 7.11 Å². The quantitative estimate of drug-likeness (QED) is 0.396. The van der Waals surface area contributed by atoms with E-state index in [1.54, 1.807) is 37.8 Å². The van der Waals surface area contributed by atoms with Gasteiger partial charge in [0.1, 0.15) is 0 Å². The zero-order chi connectivity index (χ0) is 28.2. The number of aliphatic carboxylic acids is 1. The summed E-state index contributed by atoms with van der Waals surface area (Å²) in [6.07, 6.45) is 7.40. The van der Waals surface area contributed by atoms with Crippen molar-refractivity contribution in [3.05, 3.63) is 52.2 Å². The van der Waals surface area contributed by atoms with Crippen molar-refractivity contribution in [2.24, 2.45) is 0 Å². The molecule has 0 saturated carbocycles. The van der Waals surface area contributed by atoms with Crippen LogP contribution in [-0.2, 0) is 22.5 Å². The molecular formula is C29H35ClN2O5. The summed E-state index contributed by atoms with van der Waals surface area (Å²) < 4.78 is 7.26. The van der Waals surface area contributed by atoms with Crippen LogP contribution in [0.1, 0.15) is 44.5 Å². The molecule has 2 heterocycles. The average Bonchev–Trinajstić information content (AvgIpc) is 3.13. The smallest absolute Gasteiger partial charge is 0.414 e. The van der Waals surface area contributed by atoms with Crippen LogP contribution < -0.4 is 4.90 Å². The van der Waals surface area contributed by atoms with E-state index in [0.717, 1.165) is 39.0 Å². The molecule has 2 N–H and O–H groups in total. The van der Waals surface area contributed by atoms with Crippen molar-refractivity contribution >= 4 is 40.3 Å². The highest BCUT2D eigenvalue weighted by Gasteiger charge is 2.35. The molecule has 1 aliphatic rings. The molecule has 1 aromatic heterocycles. The average molecular weight is 527 g/mol. The molecule has 7 nitrogen and oxygen atoms in total. The molecule has 1 amide bonds. The molecule has 198 valence electrons. The van der Waals surface area contributed by atoms with Gasteiger partial charge in [0.15, 0.2) is 0 Å². The summed E-state index contributed by atoms with van der Waals surface area (Å²) in [6, 6.07) is 9.35. The number of rotatable bonds is 3. The van der Waals surface area contributed by atoms with Crippen LogP contribution in [-0.4, -0.2) is 45.6 Å². The molecule has 3 aromatic rings. The Morgan fingerprint density at radius 2 is 1.70 bits per heavy atom. The summed E-state index contributed by atoms with van der Waals surface area (Å²) in [5.41, 5.74) is 5.42.